The molecule has 1 unspecified atom stereocenters. The van der Waals surface area contributed by atoms with Crippen LogP contribution in [0.25, 0.3) is 16.5 Å². The van der Waals surface area contributed by atoms with Crippen molar-refractivity contribution in [3.05, 3.63) is 113 Å². The first-order valence-corrected chi connectivity index (χ1v) is 11.4. The fourth-order valence-corrected chi connectivity index (χ4v) is 4.78. The van der Waals surface area contributed by atoms with Crippen molar-refractivity contribution in [2.75, 3.05) is 12.0 Å². The highest BCUT2D eigenvalue weighted by Crippen LogP contribution is 2.44. The second-order valence-electron chi connectivity index (χ2n) is 8.69. The molecule has 4 aromatic carbocycles. The van der Waals surface area contributed by atoms with Crippen LogP contribution in [0.5, 0.6) is 5.75 Å². The Morgan fingerprint density at radius 3 is 2.40 bits per heavy atom. The van der Waals surface area contributed by atoms with Crippen LogP contribution < -0.4 is 9.64 Å². The molecule has 1 aliphatic heterocycles. The van der Waals surface area contributed by atoms with Crippen molar-refractivity contribution < 1.29 is 19.4 Å². The van der Waals surface area contributed by atoms with Gasteiger partial charge in [0.15, 0.2) is 0 Å². The largest absolute Gasteiger partial charge is 0.507 e. The summed E-state index contributed by atoms with van der Waals surface area (Å²) >= 11 is 0. The number of methoxy groups -OCH3 is 1. The molecule has 1 atom stereocenters. The number of ketones is 1. The molecule has 0 spiro atoms. The van der Waals surface area contributed by atoms with E-state index in [-0.39, 0.29) is 11.3 Å². The lowest BCUT2D eigenvalue weighted by Crippen LogP contribution is -2.30. The number of aliphatic hydroxyl groups is 1. The molecule has 0 aromatic heterocycles. The van der Waals surface area contributed by atoms with Crippen LogP contribution >= 0.6 is 0 Å². The van der Waals surface area contributed by atoms with Crippen LogP contribution in [0.2, 0.25) is 0 Å². The molecule has 5 rings (SSSR count). The maximum absolute atomic E-state index is 13.5. The summed E-state index contributed by atoms with van der Waals surface area (Å²) in [7, 11) is 1.57. The minimum absolute atomic E-state index is 0.0560. The highest BCUT2D eigenvalue weighted by Gasteiger charge is 2.47. The third-order valence-corrected chi connectivity index (χ3v) is 6.73. The molecule has 1 fully saturated rings. The summed E-state index contributed by atoms with van der Waals surface area (Å²) in [6.45, 7) is 3.89. The molecule has 1 saturated heterocycles. The van der Waals surface area contributed by atoms with E-state index in [2.05, 4.69) is 0 Å². The van der Waals surface area contributed by atoms with Crippen LogP contribution in [0, 0.1) is 13.8 Å². The predicted octanol–water partition coefficient (Wildman–Crippen LogP) is 6.09. The van der Waals surface area contributed by atoms with Crippen molar-refractivity contribution in [1.29, 1.82) is 0 Å². The van der Waals surface area contributed by atoms with Gasteiger partial charge in [0.1, 0.15) is 11.5 Å². The molecule has 35 heavy (non-hydrogen) atoms. The van der Waals surface area contributed by atoms with Gasteiger partial charge < -0.3 is 9.84 Å². The number of amides is 1. The summed E-state index contributed by atoms with van der Waals surface area (Å²) in [5.41, 5.74) is 3.77. The number of carbonyl (C=O) groups excluding carboxylic acids is 2. The van der Waals surface area contributed by atoms with E-state index >= 15 is 0 Å². The molecule has 5 heteroatoms. The monoisotopic (exact) mass is 463 g/mol. The number of anilines is 1. The molecule has 0 saturated carbocycles. The number of carbonyl (C=O) groups is 2. The van der Waals surface area contributed by atoms with Gasteiger partial charge in [0.05, 0.1) is 18.7 Å². The van der Waals surface area contributed by atoms with E-state index in [0.717, 1.165) is 21.9 Å². The van der Waals surface area contributed by atoms with E-state index in [9.17, 15) is 14.7 Å². The van der Waals surface area contributed by atoms with Crippen molar-refractivity contribution in [3.63, 3.8) is 0 Å². The van der Waals surface area contributed by atoms with E-state index in [0.29, 0.717) is 22.6 Å². The van der Waals surface area contributed by atoms with Gasteiger partial charge in [-0.05, 0) is 59.5 Å². The van der Waals surface area contributed by atoms with Crippen molar-refractivity contribution in [3.8, 4) is 5.75 Å². The van der Waals surface area contributed by atoms with Gasteiger partial charge in [-0.25, -0.2) is 0 Å². The van der Waals surface area contributed by atoms with Crippen LogP contribution in [0.4, 0.5) is 5.69 Å². The number of Topliss-reactive ketones (excluding diaryl/α,β-unsaturated/α-hetero) is 1. The molecule has 0 aliphatic carbocycles. The zero-order chi connectivity index (χ0) is 24.7. The fraction of sp³-hybridized carbons (Fsp3) is 0.133. The molecule has 1 amide bonds. The van der Waals surface area contributed by atoms with Gasteiger partial charge in [-0.15, -0.1) is 0 Å². The molecule has 5 nitrogen and oxygen atoms in total. The zero-order valence-electron chi connectivity index (χ0n) is 19.8. The van der Waals surface area contributed by atoms with Crippen LogP contribution in [-0.4, -0.2) is 23.9 Å². The lowest BCUT2D eigenvalue weighted by atomic mass is 9.93. The summed E-state index contributed by atoms with van der Waals surface area (Å²) in [5.74, 6) is -0.988. The van der Waals surface area contributed by atoms with Gasteiger partial charge in [0, 0.05) is 11.3 Å². The number of rotatable bonds is 4. The third-order valence-electron chi connectivity index (χ3n) is 6.73. The zero-order valence-corrected chi connectivity index (χ0v) is 19.8. The number of fused-ring (bicyclic) bond motifs is 1. The van der Waals surface area contributed by atoms with Gasteiger partial charge in [-0.3, -0.25) is 14.5 Å². The van der Waals surface area contributed by atoms with E-state index in [4.69, 9.17) is 4.74 Å². The van der Waals surface area contributed by atoms with Crippen molar-refractivity contribution in [2.45, 2.75) is 19.9 Å². The smallest absolute Gasteiger partial charge is 0.300 e. The number of aliphatic hydroxyl groups excluding tert-OH is 1. The fourth-order valence-electron chi connectivity index (χ4n) is 4.78. The lowest BCUT2D eigenvalue weighted by molar-refractivity contribution is -0.132. The van der Waals surface area contributed by atoms with E-state index in [1.165, 1.54) is 4.90 Å². The normalized spacial score (nSPS) is 17.2. The molecular formula is C30H25NO4. The minimum Gasteiger partial charge on any atom is -0.507 e. The summed E-state index contributed by atoms with van der Waals surface area (Å²) < 4.78 is 5.42. The van der Waals surface area contributed by atoms with E-state index in [1.54, 1.807) is 25.3 Å². The average molecular weight is 464 g/mol. The second-order valence-corrected chi connectivity index (χ2v) is 8.69. The first kappa shape index (κ1) is 22.4. The number of nitrogens with zero attached hydrogens (tertiary/aromatic N) is 1. The average Bonchev–Trinajstić information content (AvgIpc) is 3.15. The maximum Gasteiger partial charge on any atom is 0.300 e. The van der Waals surface area contributed by atoms with Crippen LogP contribution in [0.1, 0.15) is 28.3 Å². The molecule has 1 N–H and O–H groups in total. The number of benzene rings is 4. The van der Waals surface area contributed by atoms with Gasteiger partial charge in [0.25, 0.3) is 11.7 Å². The lowest BCUT2D eigenvalue weighted by Gasteiger charge is -2.27. The molecule has 0 bridgehead atoms. The number of ether oxygens (including phenoxy) is 1. The van der Waals surface area contributed by atoms with E-state index in [1.807, 2.05) is 80.6 Å². The Bertz CT molecular complexity index is 1510. The number of hydrogen-bond donors (Lipinski definition) is 1. The molecule has 0 radical (unpaired) electrons. The predicted molar refractivity (Wildman–Crippen MR) is 138 cm³/mol. The van der Waals surface area contributed by atoms with Crippen LogP contribution in [-0.2, 0) is 9.59 Å². The molecular weight excluding hydrogens is 438 g/mol. The molecule has 4 aromatic rings. The summed E-state index contributed by atoms with van der Waals surface area (Å²) in [5, 5.41) is 13.3. The van der Waals surface area contributed by atoms with Crippen LogP contribution in [0.15, 0.2) is 90.5 Å². The number of hydrogen-bond acceptors (Lipinski definition) is 4. The highest BCUT2D eigenvalue weighted by atomic mass is 16.5. The Balaban J connectivity index is 1.81. The van der Waals surface area contributed by atoms with Crippen molar-refractivity contribution in [2.24, 2.45) is 0 Å². The van der Waals surface area contributed by atoms with Gasteiger partial charge in [0.2, 0.25) is 0 Å². The highest BCUT2D eigenvalue weighted by molar-refractivity contribution is 6.52. The minimum atomic E-state index is -0.815. The Morgan fingerprint density at radius 1 is 0.886 bits per heavy atom. The molecule has 1 heterocycles. The summed E-state index contributed by atoms with van der Waals surface area (Å²) in [6, 6.07) is 25.3. The Labute approximate surface area is 203 Å². The number of aryl methyl sites for hydroxylation is 1. The topological polar surface area (TPSA) is 66.8 Å². The second kappa shape index (κ2) is 8.76. The SMILES string of the molecule is COc1cccc(C2/C(=C(/O)c3cccc4ccccc34)C(=O)C(=O)N2c2cccc(C)c2C)c1. The van der Waals surface area contributed by atoms with Gasteiger partial charge >= 0.3 is 0 Å². The first-order chi connectivity index (χ1) is 16.9. The Hall–Kier alpha value is -4.38. The quantitative estimate of drug-likeness (QED) is 0.226. The van der Waals surface area contributed by atoms with Gasteiger partial charge in [-0.1, -0.05) is 66.7 Å². The van der Waals surface area contributed by atoms with Gasteiger partial charge in [-0.2, -0.15) is 0 Å². The first-order valence-electron chi connectivity index (χ1n) is 11.4. The van der Waals surface area contributed by atoms with Crippen molar-refractivity contribution in [1.82, 2.24) is 0 Å². The summed E-state index contributed by atoms with van der Waals surface area (Å²) in [6.07, 6.45) is 0. The maximum atomic E-state index is 13.5. The molecule has 174 valence electrons. The Morgan fingerprint density at radius 2 is 1.60 bits per heavy atom. The van der Waals surface area contributed by atoms with Crippen molar-refractivity contribution >= 4 is 33.9 Å². The van der Waals surface area contributed by atoms with E-state index < -0.39 is 17.7 Å². The Kier molecular flexibility index (Phi) is 5.61. The third kappa shape index (κ3) is 3.66. The summed E-state index contributed by atoms with van der Waals surface area (Å²) in [4.78, 5) is 28.5. The molecule has 1 aliphatic rings. The standard InChI is InChI=1S/C30H25NO4/c1-18-9-6-16-25(19(18)2)31-27(21-12-7-13-22(17-21)35-3)26(29(33)30(31)34)28(32)24-15-8-11-20-10-4-5-14-23(20)24/h4-17,27,32H,1-3H3/b28-26-. The van der Waals surface area contributed by atoms with Crippen LogP contribution in [0.3, 0.4) is 0 Å².